The number of ether oxygens (including phenoxy) is 1. The molecule has 0 radical (unpaired) electrons. The fourth-order valence-electron chi connectivity index (χ4n) is 2.24. The predicted octanol–water partition coefficient (Wildman–Crippen LogP) is 3.45. The van der Waals surface area contributed by atoms with Crippen LogP contribution in [-0.4, -0.2) is 24.4 Å². The van der Waals surface area contributed by atoms with Gasteiger partial charge in [-0.1, -0.05) is 30.3 Å². The zero-order valence-electron chi connectivity index (χ0n) is 12.2. The van der Waals surface area contributed by atoms with Crippen molar-refractivity contribution in [2.75, 3.05) is 13.2 Å². The number of nitrogens with one attached hydrogen (secondary N) is 1. The zero-order valence-corrected chi connectivity index (χ0v) is 12.2. The molecule has 3 heteroatoms. The van der Waals surface area contributed by atoms with Crippen molar-refractivity contribution in [1.29, 1.82) is 0 Å². The second kappa shape index (κ2) is 7.27. The highest BCUT2D eigenvalue weighted by Gasteiger charge is 2.05. The van der Waals surface area contributed by atoms with E-state index in [9.17, 15) is 5.11 Å². The first-order valence-electron chi connectivity index (χ1n) is 7.20. The van der Waals surface area contributed by atoms with Crippen LogP contribution in [0.3, 0.4) is 0 Å². The Balaban J connectivity index is 1.91. The molecule has 108 valence electrons. The molecule has 0 bridgehead atoms. The van der Waals surface area contributed by atoms with E-state index in [1.165, 1.54) is 0 Å². The molecule has 0 aromatic heterocycles. The maximum atomic E-state index is 10.0. The normalized spacial score (nSPS) is 11.3. The van der Waals surface area contributed by atoms with Crippen LogP contribution in [0, 0.1) is 0 Å². The SMILES string of the molecule is CC(C)OCCCNCc1c(O)ccc2ccccc12. The average molecular weight is 273 g/mol. The van der Waals surface area contributed by atoms with Gasteiger partial charge in [-0.25, -0.2) is 0 Å². The Morgan fingerprint density at radius 2 is 1.95 bits per heavy atom. The molecule has 0 aliphatic carbocycles. The summed E-state index contributed by atoms with van der Waals surface area (Å²) in [4.78, 5) is 0. The molecule has 0 aliphatic rings. The van der Waals surface area contributed by atoms with Crippen LogP contribution in [0.1, 0.15) is 25.8 Å². The maximum Gasteiger partial charge on any atom is 0.120 e. The number of hydrogen-bond donors (Lipinski definition) is 2. The third-order valence-electron chi connectivity index (χ3n) is 3.27. The van der Waals surface area contributed by atoms with Gasteiger partial charge in [0.05, 0.1) is 6.10 Å². The fraction of sp³-hybridized carbons (Fsp3) is 0.412. The van der Waals surface area contributed by atoms with E-state index in [1.54, 1.807) is 6.07 Å². The van der Waals surface area contributed by atoms with Gasteiger partial charge in [0.15, 0.2) is 0 Å². The summed E-state index contributed by atoms with van der Waals surface area (Å²) < 4.78 is 5.50. The van der Waals surface area contributed by atoms with Gasteiger partial charge in [-0.15, -0.1) is 0 Å². The minimum absolute atomic E-state index is 0.289. The van der Waals surface area contributed by atoms with Crippen LogP contribution in [0.4, 0.5) is 0 Å². The lowest BCUT2D eigenvalue weighted by Crippen LogP contribution is -2.17. The highest BCUT2D eigenvalue weighted by Crippen LogP contribution is 2.26. The first-order chi connectivity index (χ1) is 9.68. The van der Waals surface area contributed by atoms with Crippen molar-refractivity contribution in [1.82, 2.24) is 5.32 Å². The van der Waals surface area contributed by atoms with Gasteiger partial charge in [-0.05, 0) is 43.7 Å². The standard InChI is InChI=1S/C17H23NO2/c1-13(2)20-11-5-10-18-12-16-15-7-4-3-6-14(15)8-9-17(16)19/h3-4,6-9,13,18-19H,5,10-12H2,1-2H3. The Bertz CT molecular complexity index is 552. The molecule has 0 fully saturated rings. The number of fused-ring (bicyclic) bond motifs is 1. The minimum Gasteiger partial charge on any atom is -0.508 e. The first-order valence-corrected chi connectivity index (χ1v) is 7.20. The van der Waals surface area contributed by atoms with E-state index >= 15 is 0 Å². The van der Waals surface area contributed by atoms with E-state index in [0.717, 1.165) is 35.9 Å². The Morgan fingerprint density at radius 1 is 1.15 bits per heavy atom. The van der Waals surface area contributed by atoms with E-state index in [4.69, 9.17) is 4.74 Å². The highest BCUT2D eigenvalue weighted by molar-refractivity contribution is 5.87. The summed E-state index contributed by atoms with van der Waals surface area (Å²) in [6.45, 7) is 6.42. The summed E-state index contributed by atoms with van der Waals surface area (Å²) in [5, 5.41) is 15.7. The fourth-order valence-corrected chi connectivity index (χ4v) is 2.24. The summed E-state index contributed by atoms with van der Waals surface area (Å²) >= 11 is 0. The topological polar surface area (TPSA) is 41.5 Å². The summed E-state index contributed by atoms with van der Waals surface area (Å²) in [5.41, 5.74) is 0.966. The molecule has 2 rings (SSSR count). The van der Waals surface area contributed by atoms with E-state index in [2.05, 4.69) is 11.4 Å². The lowest BCUT2D eigenvalue weighted by Gasteiger charge is -2.11. The monoisotopic (exact) mass is 273 g/mol. The number of benzene rings is 2. The summed E-state index contributed by atoms with van der Waals surface area (Å²) in [5.74, 6) is 0.356. The van der Waals surface area contributed by atoms with E-state index in [1.807, 2.05) is 38.1 Å². The van der Waals surface area contributed by atoms with E-state index < -0.39 is 0 Å². The lowest BCUT2D eigenvalue weighted by molar-refractivity contribution is 0.0770. The van der Waals surface area contributed by atoms with Gasteiger partial charge in [-0.3, -0.25) is 0 Å². The average Bonchev–Trinajstić information content (AvgIpc) is 2.44. The van der Waals surface area contributed by atoms with Gasteiger partial charge in [0, 0.05) is 18.7 Å². The van der Waals surface area contributed by atoms with Crippen LogP contribution in [0.25, 0.3) is 10.8 Å². The Labute approximate surface area is 120 Å². The molecule has 0 unspecified atom stereocenters. The molecule has 20 heavy (non-hydrogen) atoms. The van der Waals surface area contributed by atoms with Crippen molar-refractivity contribution in [3.63, 3.8) is 0 Å². The molecular weight excluding hydrogens is 250 g/mol. The number of hydrogen-bond acceptors (Lipinski definition) is 3. The molecule has 3 nitrogen and oxygen atoms in total. The van der Waals surface area contributed by atoms with Crippen LogP contribution >= 0.6 is 0 Å². The Kier molecular flexibility index (Phi) is 5.39. The number of phenols is 1. The summed E-state index contributed by atoms with van der Waals surface area (Å²) in [6, 6.07) is 11.8. The molecule has 2 aromatic rings. The van der Waals surface area contributed by atoms with Crippen LogP contribution < -0.4 is 5.32 Å². The van der Waals surface area contributed by atoms with Crippen molar-refractivity contribution in [2.24, 2.45) is 0 Å². The molecule has 2 N–H and O–H groups in total. The third-order valence-corrected chi connectivity index (χ3v) is 3.27. The van der Waals surface area contributed by atoms with Crippen LogP contribution in [-0.2, 0) is 11.3 Å². The van der Waals surface area contributed by atoms with Gasteiger partial charge in [-0.2, -0.15) is 0 Å². The van der Waals surface area contributed by atoms with Crippen molar-refractivity contribution < 1.29 is 9.84 Å². The van der Waals surface area contributed by atoms with Gasteiger partial charge in [0.1, 0.15) is 5.75 Å². The minimum atomic E-state index is 0.289. The number of rotatable bonds is 7. The van der Waals surface area contributed by atoms with Crippen molar-refractivity contribution in [2.45, 2.75) is 32.9 Å². The summed E-state index contributed by atoms with van der Waals surface area (Å²) in [7, 11) is 0. The second-order valence-corrected chi connectivity index (χ2v) is 5.23. The molecule has 0 saturated carbocycles. The molecule has 0 saturated heterocycles. The maximum absolute atomic E-state index is 10.0. The third kappa shape index (κ3) is 3.95. The molecule has 0 heterocycles. The predicted molar refractivity (Wildman–Crippen MR) is 83.0 cm³/mol. The van der Waals surface area contributed by atoms with Gasteiger partial charge in [0.25, 0.3) is 0 Å². The molecular formula is C17H23NO2. The molecule has 0 aliphatic heterocycles. The lowest BCUT2D eigenvalue weighted by atomic mass is 10.0. The molecule has 0 spiro atoms. The van der Waals surface area contributed by atoms with Gasteiger partial charge >= 0.3 is 0 Å². The Morgan fingerprint density at radius 3 is 2.75 bits per heavy atom. The number of phenolic OH excluding ortho intramolecular Hbond substituents is 1. The summed E-state index contributed by atoms with van der Waals surface area (Å²) in [6.07, 6.45) is 1.26. The second-order valence-electron chi connectivity index (χ2n) is 5.23. The largest absolute Gasteiger partial charge is 0.508 e. The Hall–Kier alpha value is -1.58. The van der Waals surface area contributed by atoms with E-state index in [0.29, 0.717) is 12.3 Å². The van der Waals surface area contributed by atoms with Crippen molar-refractivity contribution >= 4 is 10.8 Å². The van der Waals surface area contributed by atoms with Gasteiger partial charge < -0.3 is 15.2 Å². The highest BCUT2D eigenvalue weighted by atomic mass is 16.5. The zero-order chi connectivity index (χ0) is 14.4. The molecule has 0 atom stereocenters. The smallest absolute Gasteiger partial charge is 0.120 e. The van der Waals surface area contributed by atoms with Gasteiger partial charge in [0.2, 0.25) is 0 Å². The van der Waals surface area contributed by atoms with Crippen LogP contribution in [0.2, 0.25) is 0 Å². The van der Waals surface area contributed by atoms with Crippen molar-refractivity contribution in [3.8, 4) is 5.75 Å². The van der Waals surface area contributed by atoms with E-state index in [-0.39, 0.29) is 6.10 Å². The van der Waals surface area contributed by atoms with Crippen molar-refractivity contribution in [3.05, 3.63) is 42.0 Å². The first kappa shape index (κ1) is 14.8. The number of aromatic hydroxyl groups is 1. The quantitative estimate of drug-likeness (QED) is 0.759. The molecule has 2 aromatic carbocycles. The molecule has 0 amide bonds. The van der Waals surface area contributed by atoms with Crippen LogP contribution in [0.15, 0.2) is 36.4 Å². The van der Waals surface area contributed by atoms with Crippen LogP contribution in [0.5, 0.6) is 5.75 Å².